The first-order chi connectivity index (χ1) is 14.6. The van der Waals surface area contributed by atoms with Crippen molar-refractivity contribution in [3.05, 3.63) is 84.1 Å². The van der Waals surface area contributed by atoms with Crippen molar-refractivity contribution in [1.82, 2.24) is 9.97 Å². The van der Waals surface area contributed by atoms with Gasteiger partial charge in [-0.25, -0.2) is 4.98 Å². The third-order valence-electron chi connectivity index (χ3n) is 4.97. The van der Waals surface area contributed by atoms with Gasteiger partial charge in [-0.05, 0) is 59.7 Å². The number of phenolic OH excluding ortho intramolecular Hbond substituents is 1. The molecule has 2 N–H and O–H groups in total. The molecule has 0 fully saturated rings. The number of aromatic hydroxyl groups is 1. The van der Waals surface area contributed by atoms with E-state index in [1.54, 1.807) is 43.5 Å². The van der Waals surface area contributed by atoms with Crippen molar-refractivity contribution in [2.75, 3.05) is 5.32 Å². The van der Waals surface area contributed by atoms with E-state index in [4.69, 9.17) is 4.42 Å². The summed E-state index contributed by atoms with van der Waals surface area (Å²) in [7, 11) is 0. The maximum Gasteiger partial charge on any atom is 0.255 e. The number of nitrogens with zero attached hydrogens (tertiary/aromatic N) is 2. The summed E-state index contributed by atoms with van der Waals surface area (Å²) in [5.41, 5.74) is 3.05. The number of oxazole rings is 1. The molecular weight excluding hydrogens is 378 g/mol. The average molecular weight is 395 g/mol. The number of fused-ring (bicyclic) bond motifs is 2. The lowest BCUT2D eigenvalue weighted by Crippen LogP contribution is -2.12. The van der Waals surface area contributed by atoms with Gasteiger partial charge in [0, 0.05) is 17.4 Å². The molecular formula is C24H17N3O3. The van der Waals surface area contributed by atoms with Crippen molar-refractivity contribution in [1.29, 1.82) is 0 Å². The summed E-state index contributed by atoms with van der Waals surface area (Å²) in [6.45, 7) is 1.76. The Morgan fingerprint density at radius 3 is 2.67 bits per heavy atom. The fourth-order valence-corrected chi connectivity index (χ4v) is 3.43. The molecule has 3 aromatic carbocycles. The van der Waals surface area contributed by atoms with Gasteiger partial charge in [-0.15, -0.1) is 0 Å². The van der Waals surface area contributed by atoms with Gasteiger partial charge in [0.25, 0.3) is 5.91 Å². The molecule has 6 heteroatoms. The predicted octanol–water partition coefficient (Wildman–Crippen LogP) is 5.31. The molecule has 0 radical (unpaired) electrons. The molecule has 0 atom stereocenters. The second-order valence-corrected chi connectivity index (χ2v) is 7.05. The highest BCUT2D eigenvalue weighted by atomic mass is 16.4. The van der Waals surface area contributed by atoms with Crippen LogP contribution in [0.4, 0.5) is 5.69 Å². The Bertz CT molecular complexity index is 1390. The minimum Gasteiger partial charge on any atom is -0.507 e. The summed E-state index contributed by atoms with van der Waals surface area (Å²) in [5.74, 6) is 0.0485. The molecule has 0 aliphatic rings. The van der Waals surface area contributed by atoms with Crippen LogP contribution in [0.3, 0.4) is 0 Å². The molecule has 0 aliphatic heterocycles. The van der Waals surface area contributed by atoms with Gasteiger partial charge in [-0.1, -0.05) is 30.3 Å². The van der Waals surface area contributed by atoms with Crippen LogP contribution in [0.1, 0.15) is 15.9 Å². The Labute approximate surface area is 171 Å². The number of anilines is 1. The highest BCUT2D eigenvalue weighted by Gasteiger charge is 2.17. The lowest BCUT2D eigenvalue weighted by molar-refractivity contribution is 0.102. The fourth-order valence-electron chi connectivity index (χ4n) is 3.43. The second-order valence-electron chi connectivity index (χ2n) is 7.05. The van der Waals surface area contributed by atoms with Crippen LogP contribution in [0.25, 0.3) is 33.5 Å². The number of hydrogen-bond acceptors (Lipinski definition) is 5. The van der Waals surface area contributed by atoms with Crippen LogP contribution in [0, 0.1) is 6.92 Å². The number of aromatic nitrogens is 2. The average Bonchev–Trinajstić information content (AvgIpc) is 3.19. The summed E-state index contributed by atoms with van der Waals surface area (Å²) in [4.78, 5) is 21.3. The van der Waals surface area contributed by atoms with Crippen molar-refractivity contribution < 1.29 is 14.3 Å². The van der Waals surface area contributed by atoms with Gasteiger partial charge >= 0.3 is 0 Å². The number of amides is 1. The minimum absolute atomic E-state index is 0.0465. The van der Waals surface area contributed by atoms with Crippen molar-refractivity contribution >= 4 is 33.6 Å². The second kappa shape index (κ2) is 7.00. The standard InChI is InChI=1S/C24H17N3O3/c1-14-11-18(26-23(29)17-9-8-15-5-2-3-6-16(15)12-17)13-19(21(14)28)24-27-22-20(30-24)7-4-10-25-22/h2-13,28H,1H3,(H,26,29). The summed E-state index contributed by atoms with van der Waals surface area (Å²) in [6, 6.07) is 20.3. The molecule has 0 saturated heterocycles. The van der Waals surface area contributed by atoms with Crippen LogP contribution >= 0.6 is 0 Å². The number of benzene rings is 3. The molecule has 2 aromatic heterocycles. The molecule has 2 heterocycles. The Morgan fingerprint density at radius 1 is 1.00 bits per heavy atom. The highest BCUT2D eigenvalue weighted by molar-refractivity contribution is 6.06. The van der Waals surface area contributed by atoms with Crippen molar-refractivity contribution in [2.24, 2.45) is 0 Å². The SMILES string of the molecule is Cc1cc(NC(=O)c2ccc3ccccc3c2)cc(-c2nc3ncccc3o2)c1O. The van der Waals surface area contributed by atoms with Crippen LogP contribution < -0.4 is 5.32 Å². The van der Waals surface area contributed by atoms with Gasteiger partial charge in [0.2, 0.25) is 5.89 Å². The third kappa shape index (κ3) is 3.14. The van der Waals surface area contributed by atoms with Crippen molar-refractivity contribution in [3.63, 3.8) is 0 Å². The van der Waals surface area contributed by atoms with E-state index in [9.17, 15) is 9.90 Å². The first-order valence-corrected chi connectivity index (χ1v) is 9.44. The number of aryl methyl sites for hydroxylation is 1. The van der Waals surface area contributed by atoms with Crippen LogP contribution in [0.15, 0.2) is 77.3 Å². The van der Waals surface area contributed by atoms with E-state index in [2.05, 4.69) is 15.3 Å². The Hall–Kier alpha value is -4.19. The third-order valence-corrected chi connectivity index (χ3v) is 4.97. The van der Waals surface area contributed by atoms with E-state index >= 15 is 0 Å². The van der Waals surface area contributed by atoms with Gasteiger partial charge < -0.3 is 14.8 Å². The summed E-state index contributed by atoms with van der Waals surface area (Å²) >= 11 is 0. The first kappa shape index (κ1) is 17.9. The molecule has 0 saturated carbocycles. The highest BCUT2D eigenvalue weighted by Crippen LogP contribution is 2.35. The van der Waals surface area contributed by atoms with Crippen LogP contribution in [-0.4, -0.2) is 21.0 Å². The normalized spacial score (nSPS) is 11.1. The molecule has 0 unspecified atom stereocenters. The quantitative estimate of drug-likeness (QED) is 0.404. The number of carbonyl (C=O) groups is 1. The lowest BCUT2D eigenvalue weighted by atomic mass is 10.1. The number of phenols is 1. The molecule has 146 valence electrons. The van der Waals surface area contributed by atoms with Gasteiger partial charge in [0.1, 0.15) is 5.75 Å². The Balaban J connectivity index is 1.50. The first-order valence-electron chi connectivity index (χ1n) is 9.44. The molecule has 0 aliphatic carbocycles. The summed E-state index contributed by atoms with van der Waals surface area (Å²) in [5, 5.41) is 15.5. The summed E-state index contributed by atoms with van der Waals surface area (Å²) in [6.07, 6.45) is 1.62. The fraction of sp³-hybridized carbons (Fsp3) is 0.0417. The van der Waals surface area contributed by atoms with Gasteiger partial charge in [-0.2, -0.15) is 4.98 Å². The predicted molar refractivity (Wildman–Crippen MR) is 116 cm³/mol. The van der Waals surface area contributed by atoms with E-state index in [-0.39, 0.29) is 17.5 Å². The number of rotatable bonds is 3. The zero-order valence-electron chi connectivity index (χ0n) is 16.1. The van der Waals surface area contributed by atoms with E-state index in [1.807, 2.05) is 36.4 Å². The number of hydrogen-bond donors (Lipinski definition) is 2. The molecule has 30 heavy (non-hydrogen) atoms. The molecule has 1 amide bonds. The number of pyridine rings is 1. The monoisotopic (exact) mass is 395 g/mol. The van der Waals surface area contributed by atoms with Gasteiger partial charge in [0.05, 0.1) is 5.56 Å². The zero-order chi connectivity index (χ0) is 20.7. The molecule has 0 spiro atoms. The zero-order valence-corrected chi connectivity index (χ0v) is 16.1. The molecule has 5 rings (SSSR count). The van der Waals surface area contributed by atoms with Crippen molar-refractivity contribution in [3.8, 4) is 17.2 Å². The number of nitrogens with one attached hydrogen (secondary N) is 1. The van der Waals surface area contributed by atoms with Crippen LogP contribution in [-0.2, 0) is 0 Å². The van der Waals surface area contributed by atoms with Crippen LogP contribution in [0.5, 0.6) is 5.75 Å². The van der Waals surface area contributed by atoms with E-state index in [0.29, 0.717) is 33.6 Å². The van der Waals surface area contributed by atoms with E-state index < -0.39 is 0 Å². The van der Waals surface area contributed by atoms with E-state index in [1.165, 1.54) is 0 Å². The lowest BCUT2D eigenvalue weighted by Gasteiger charge is -2.11. The Morgan fingerprint density at radius 2 is 1.83 bits per heavy atom. The molecule has 6 nitrogen and oxygen atoms in total. The molecule has 0 bridgehead atoms. The topological polar surface area (TPSA) is 88.3 Å². The van der Waals surface area contributed by atoms with Crippen LogP contribution in [0.2, 0.25) is 0 Å². The number of carbonyl (C=O) groups excluding carboxylic acids is 1. The molecule has 5 aromatic rings. The minimum atomic E-state index is -0.240. The van der Waals surface area contributed by atoms with Gasteiger partial charge in [-0.3, -0.25) is 4.79 Å². The van der Waals surface area contributed by atoms with Gasteiger partial charge in [0.15, 0.2) is 11.2 Å². The smallest absolute Gasteiger partial charge is 0.255 e. The Kier molecular flexibility index (Phi) is 4.17. The maximum atomic E-state index is 12.8. The largest absolute Gasteiger partial charge is 0.507 e. The van der Waals surface area contributed by atoms with E-state index in [0.717, 1.165) is 10.8 Å². The maximum absolute atomic E-state index is 12.8. The summed E-state index contributed by atoms with van der Waals surface area (Å²) < 4.78 is 5.74. The van der Waals surface area contributed by atoms with Crippen molar-refractivity contribution in [2.45, 2.75) is 6.92 Å².